The van der Waals surface area contributed by atoms with Crippen molar-refractivity contribution < 1.29 is 5.11 Å². The van der Waals surface area contributed by atoms with Crippen molar-refractivity contribution in [2.75, 3.05) is 0 Å². The predicted molar refractivity (Wildman–Crippen MR) is 163 cm³/mol. The minimum absolute atomic E-state index is 0.225. The highest BCUT2D eigenvalue weighted by Crippen LogP contribution is 2.38. The second-order valence-electron chi connectivity index (χ2n) is 10.0. The lowest BCUT2D eigenvalue weighted by Crippen LogP contribution is -1.91. The first-order valence-corrected chi connectivity index (χ1v) is 13.3. The molecule has 0 unspecified atom stereocenters. The molecule has 0 bridgehead atoms. The number of benzene rings is 5. The fourth-order valence-electron chi connectivity index (χ4n) is 5.85. The van der Waals surface area contributed by atoms with Gasteiger partial charge in [-0.15, -0.1) is 0 Å². The summed E-state index contributed by atoms with van der Waals surface area (Å²) in [7, 11) is 0. The molecule has 0 saturated carbocycles. The molecule has 0 spiro atoms. The standard InChI is InChI=1S/C36H23N3O/c40-33-21-8-15-27-26-14-4-5-19-31(26)39-32-20-7-16-28(35(32)38-36(39)34(27)33)30-18-9-17-29(37-30)25-13-6-12-24(22-25)23-10-2-1-3-11-23/h1-22,40H. The van der Waals surface area contributed by atoms with Crippen molar-refractivity contribution in [1.82, 2.24) is 14.4 Å². The maximum Gasteiger partial charge on any atom is 0.150 e. The van der Waals surface area contributed by atoms with Crippen LogP contribution in [-0.4, -0.2) is 19.5 Å². The molecule has 0 radical (unpaired) electrons. The zero-order valence-electron chi connectivity index (χ0n) is 21.5. The van der Waals surface area contributed by atoms with Crippen LogP contribution in [0.25, 0.3) is 72.0 Å². The van der Waals surface area contributed by atoms with E-state index in [0.29, 0.717) is 0 Å². The topological polar surface area (TPSA) is 50.4 Å². The lowest BCUT2D eigenvalue weighted by atomic mass is 10.0. The molecule has 8 aromatic rings. The quantitative estimate of drug-likeness (QED) is 0.240. The van der Waals surface area contributed by atoms with Crippen LogP contribution in [0.4, 0.5) is 0 Å². The maximum atomic E-state index is 10.9. The van der Waals surface area contributed by atoms with Crippen molar-refractivity contribution in [2.24, 2.45) is 0 Å². The number of fused-ring (bicyclic) bond motifs is 8. The van der Waals surface area contributed by atoms with Crippen molar-refractivity contribution in [1.29, 1.82) is 0 Å². The summed E-state index contributed by atoms with van der Waals surface area (Å²) in [6, 6.07) is 45.2. The number of nitrogens with zero attached hydrogens (tertiary/aromatic N) is 3. The second-order valence-corrected chi connectivity index (χ2v) is 10.0. The van der Waals surface area contributed by atoms with Crippen molar-refractivity contribution in [2.45, 2.75) is 0 Å². The predicted octanol–water partition coefficient (Wildman–Crippen LogP) is 8.90. The SMILES string of the molecule is Oc1cccc2c3ccccc3n3c4cccc(-c5cccc(-c6cccc(-c7ccccc7)c6)n5)c4nc3c12. The van der Waals surface area contributed by atoms with Crippen LogP contribution in [0, 0.1) is 0 Å². The van der Waals surface area contributed by atoms with Crippen LogP contribution in [0.2, 0.25) is 0 Å². The second kappa shape index (κ2) is 8.79. The number of hydrogen-bond donors (Lipinski definition) is 1. The molecule has 40 heavy (non-hydrogen) atoms. The van der Waals surface area contributed by atoms with Crippen LogP contribution in [0.1, 0.15) is 0 Å². The van der Waals surface area contributed by atoms with Gasteiger partial charge in [-0.1, -0.05) is 97.1 Å². The summed E-state index contributed by atoms with van der Waals surface area (Å²) in [5.74, 6) is 0.225. The molecule has 4 nitrogen and oxygen atoms in total. The van der Waals surface area contributed by atoms with Gasteiger partial charge in [0.25, 0.3) is 0 Å². The number of imidazole rings is 1. The summed E-state index contributed by atoms with van der Waals surface area (Å²) < 4.78 is 2.16. The Labute approximate surface area is 230 Å². The Morgan fingerprint density at radius 3 is 2.10 bits per heavy atom. The van der Waals surface area contributed by atoms with E-state index in [1.165, 1.54) is 5.56 Å². The van der Waals surface area contributed by atoms with E-state index in [9.17, 15) is 5.11 Å². The highest BCUT2D eigenvalue weighted by molar-refractivity contribution is 6.16. The first-order chi connectivity index (χ1) is 19.8. The third kappa shape index (κ3) is 3.40. The van der Waals surface area contributed by atoms with Gasteiger partial charge in [0.2, 0.25) is 0 Å². The zero-order valence-corrected chi connectivity index (χ0v) is 21.5. The average Bonchev–Trinajstić information content (AvgIpc) is 3.42. The van der Waals surface area contributed by atoms with Crippen molar-refractivity contribution in [3.8, 4) is 39.4 Å². The van der Waals surface area contributed by atoms with Gasteiger partial charge in [0, 0.05) is 16.5 Å². The number of phenolic OH excluding ortho intramolecular Hbond substituents is 1. The lowest BCUT2D eigenvalue weighted by molar-refractivity contribution is 0.482. The van der Waals surface area contributed by atoms with Gasteiger partial charge in [0.1, 0.15) is 11.4 Å². The number of hydrogen-bond acceptors (Lipinski definition) is 3. The summed E-state index contributed by atoms with van der Waals surface area (Å²) in [4.78, 5) is 10.3. The van der Waals surface area contributed by atoms with Gasteiger partial charge < -0.3 is 5.11 Å². The van der Waals surface area contributed by atoms with E-state index in [4.69, 9.17) is 9.97 Å². The van der Waals surface area contributed by atoms with Crippen LogP contribution in [0.5, 0.6) is 5.75 Å². The first kappa shape index (κ1) is 22.5. The van der Waals surface area contributed by atoms with Gasteiger partial charge in [-0.2, -0.15) is 0 Å². The fraction of sp³-hybridized carbons (Fsp3) is 0. The first-order valence-electron chi connectivity index (χ1n) is 13.3. The molecular formula is C36H23N3O. The molecule has 0 amide bonds. The Morgan fingerprint density at radius 2 is 1.18 bits per heavy atom. The van der Waals surface area contributed by atoms with Gasteiger partial charge >= 0.3 is 0 Å². The Morgan fingerprint density at radius 1 is 0.500 bits per heavy atom. The highest BCUT2D eigenvalue weighted by Gasteiger charge is 2.18. The summed E-state index contributed by atoms with van der Waals surface area (Å²) in [6.45, 7) is 0. The van der Waals surface area contributed by atoms with Crippen LogP contribution in [0.3, 0.4) is 0 Å². The van der Waals surface area contributed by atoms with Crippen LogP contribution in [-0.2, 0) is 0 Å². The number of rotatable bonds is 3. The van der Waals surface area contributed by atoms with E-state index in [0.717, 1.165) is 66.4 Å². The summed E-state index contributed by atoms with van der Waals surface area (Å²) >= 11 is 0. The Balaban J connectivity index is 1.36. The normalized spacial score (nSPS) is 11.6. The van der Waals surface area contributed by atoms with Gasteiger partial charge in [-0.3, -0.25) is 4.40 Å². The number of para-hydroxylation sites is 2. The van der Waals surface area contributed by atoms with Crippen molar-refractivity contribution >= 4 is 38.4 Å². The monoisotopic (exact) mass is 513 g/mol. The molecular weight excluding hydrogens is 490 g/mol. The van der Waals surface area contributed by atoms with Crippen LogP contribution >= 0.6 is 0 Å². The van der Waals surface area contributed by atoms with Gasteiger partial charge in [0.15, 0.2) is 0 Å². The third-order valence-corrected chi connectivity index (χ3v) is 7.68. The summed E-state index contributed by atoms with van der Waals surface area (Å²) in [5, 5.41) is 13.8. The number of aromatic hydroxyl groups is 1. The molecule has 0 aliphatic rings. The minimum Gasteiger partial charge on any atom is -0.507 e. The molecule has 0 saturated heterocycles. The van der Waals surface area contributed by atoms with E-state index in [2.05, 4.69) is 95.4 Å². The molecule has 188 valence electrons. The number of aromatic nitrogens is 3. The van der Waals surface area contributed by atoms with Gasteiger partial charge in [0.05, 0.1) is 33.3 Å². The number of pyridine rings is 2. The summed E-state index contributed by atoms with van der Waals surface area (Å²) in [6.07, 6.45) is 0. The van der Waals surface area contributed by atoms with Crippen molar-refractivity contribution in [3.63, 3.8) is 0 Å². The molecule has 0 fully saturated rings. The van der Waals surface area contributed by atoms with E-state index in [1.807, 2.05) is 36.4 Å². The number of phenols is 1. The largest absolute Gasteiger partial charge is 0.507 e. The van der Waals surface area contributed by atoms with Crippen LogP contribution in [0.15, 0.2) is 133 Å². The van der Waals surface area contributed by atoms with Crippen molar-refractivity contribution in [3.05, 3.63) is 133 Å². The van der Waals surface area contributed by atoms with E-state index in [1.54, 1.807) is 6.07 Å². The molecule has 1 N–H and O–H groups in total. The van der Waals surface area contributed by atoms with Crippen LogP contribution < -0.4 is 0 Å². The Kier molecular flexibility index (Phi) is 4.94. The smallest absolute Gasteiger partial charge is 0.150 e. The van der Waals surface area contributed by atoms with E-state index < -0.39 is 0 Å². The third-order valence-electron chi connectivity index (χ3n) is 7.68. The maximum absolute atomic E-state index is 10.9. The molecule has 8 rings (SSSR count). The van der Waals surface area contributed by atoms with Gasteiger partial charge in [-0.05, 0) is 52.9 Å². The van der Waals surface area contributed by atoms with Gasteiger partial charge in [-0.25, -0.2) is 9.97 Å². The Bertz CT molecular complexity index is 2230. The molecule has 5 aromatic carbocycles. The highest BCUT2D eigenvalue weighted by atomic mass is 16.3. The summed E-state index contributed by atoms with van der Waals surface area (Å²) in [5.41, 5.74) is 9.74. The molecule has 0 aliphatic carbocycles. The zero-order chi connectivity index (χ0) is 26.6. The minimum atomic E-state index is 0.225. The lowest BCUT2D eigenvalue weighted by Gasteiger charge is -2.10. The molecule has 3 heterocycles. The average molecular weight is 514 g/mol. The molecule has 4 heteroatoms. The molecule has 3 aromatic heterocycles. The van der Waals surface area contributed by atoms with E-state index in [-0.39, 0.29) is 5.75 Å². The van der Waals surface area contributed by atoms with E-state index >= 15 is 0 Å². The molecule has 0 aliphatic heterocycles. The Hall–Kier alpha value is -5.48. The molecule has 0 atom stereocenters. The fourth-order valence-corrected chi connectivity index (χ4v) is 5.85.